The molecule has 174 valence electrons. The second-order valence-electron chi connectivity index (χ2n) is 7.40. The number of nitrogens with zero attached hydrogens (tertiary/aromatic N) is 3. The summed E-state index contributed by atoms with van der Waals surface area (Å²) in [7, 11) is 1.44. The van der Waals surface area contributed by atoms with Gasteiger partial charge in [0.25, 0.3) is 5.56 Å². The molecule has 0 unspecified atom stereocenters. The maximum atomic E-state index is 13.0. The van der Waals surface area contributed by atoms with Gasteiger partial charge in [0.1, 0.15) is 11.4 Å². The number of piperazine rings is 1. The van der Waals surface area contributed by atoms with E-state index in [0.29, 0.717) is 31.9 Å². The summed E-state index contributed by atoms with van der Waals surface area (Å²) in [5, 5.41) is 0. The van der Waals surface area contributed by atoms with E-state index in [9.17, 15) is 27.6 Å². The second kappa shape index (κ2) is 9.57. The molecule has 0 saturated carbocycles. The van der Waals surface area contributed by atoms with Gasteiger partial charge in [0, 0.05) is 39.0 Å². The fourth-order valence-corrected chi connectivity index (χ4v) is 3.59. The van der Waals surface area contributed by atoms with E-state index in [1.807, 2.05) is 4.90 Å². The number of H-pyrrole nitrogens is 1. The zero-order chi connectivity index (χ0) is 23.5. The lowest BCUT2D eigenvalue weighted by Gasteiger charge is -2.36. The maximum Gasteiger partial charge on any atom is 0.416 e. The standard InChI is InChI=1S/C20H24F3N5O4/c1-32-10-9-28-17(24)16(18(30)25-19(28)31)15(29)12-26-5-7-27(8-6-26)14-4-2-3-13(11-14)20(21,22)23/h2-4,11H,5-10,12,24H2,1H3,(H,25,30,31). The molecule has 1 fully saturated rings. The molecule has 32 heavy (non-hydrogen) atoms. The van der Waals surface area contributed by atoms with E-state index in [4.69, 9.17) is 10.5 Å². The minimum absolute atomic E-state index is 0.0773. The lowest BCUT2D eigenvalue weighted by atomic mass is 10.1. The Balaban J connectivity index is 1.68. The van der Waals surface area contributed by atoms with Crippen LogP contribution in [0, 0.1) is 0 Å². The van der Waals surface area contributed by atoms with Gasteiger partial charge in [-0.1, -0.05) is 6.07 Å². The average Bonchev–Trinajstić information content (AvgIpc) is 2.73. The number of hydrogen-bond acceptors (Lipinski definition) is 7. The quantitative estimate of drug-likeness (QED) is 0.594. The van der Waals surface area contributed by atoms with Crippen molar-refractivity contribution >= 4 is 17.3 Å². The highest BCUT2D eigenvalue weighted by Crippen LogP contribution is 2.31. The summed E-state index contributed by atoms with van der Waals surface area (Å²) in [5.74, 6) is -0.758. The van der Waals surface area contributed by atoms with Crippen molar-refractivity contribution in [3.63, 3.8) is 0 Å². The number of anilines is 2. The van der Waals surface area contributed by atoms with E-state index in [1.165, 1.54) is 13.2 Å². The first kappa shape index (κ1) is 23.5. The summed E-state index contributed by atoms with van der Waals surface area (Å²) in [5.41, 5.74) is 3.80. The van der Waals surface area contributed by atoms with Gasteiger partial charge in [-0.2, -0.15) is 13.2 Å². The number of methoxy groups -OCH3 is 1. The molecule has 2 heterocycles. The number of Topliss-reactive ketones (excluding diaryl/α,β-unsaturated/α-hetero) is 1. The average molecular weight is 455 g/mol. The predicted octanol–water partition coefficient (Wildman–Crippen LogP) is 0.789. The number of alkyl halides is 3. The van der Waals surface area contributed by atoms with Gasteiger partial charge in [-0.05, 0) is 18.2 Å². The highest BCUT2D eigenvalue weighted by Gasteiger charge is 2.31. The monoisotopic (exact) mass is 455 g/mol. The summed E-state index contributed by atoms with van der Waals surface area (Å²) in [4.78, 5) is 42.6. The summed E-state index contributed by atoms with van der Waals surface area (Å²) in [6.45, 7) is 1.77. The van der Waals surface area contributed by atoms with Crippen LogP contribution in [0.2, 0.25) is 0 Å². The number of halogens is 3. The third kappa shape index (κ3) is 5.19. The van der Waals surface area contributed by atoms with Crippen molar-refractivity contribution in [2.24, 2.45) is 0 Å². The number of benzene rings is 1. The Morgan fingerprint density at radius 1 is 1.19 bits per heavy atom. The van der Waals surface area contributed by atoms with Crippen molar-refractivity contribution in [2.45, 2.75) is 12.7 Å². The first-order valence-electron chi connectivity index (χ1n) is 9.91. The maximum absolute atomic E-state index is 13.0. The molecule has 1 aliphatic rings. The number of nitrogens with one attached hydrogen (secondary N) is 1. The minimum atomic E-state index is -4.42. The Kier molecular flexibility index (Phi) is 7.04. The molecule has 12 heteroatoms. The molecule has 0 aliphatic carbocycles. The second-order valence-corrected chi connectivity index (χ2v) is 7.40. The van der Waals surface area contributed by atoms with Crippen molar-refractivity contribution < 1.29 is 22.7 Å². The largest absolute Gasteiger partial charge is 0.416 e. The first-order valence-corrected chi connectivity index (χ1v) is 9.91. The lowest BCUT2D eigenvalue weighted by molar-refractivity contribution is -0.137. The van der Waals surface area contributed by atoms with Gasteiger partial charge < -0.3 is 15.4 Å². The van der Waals surface area contributed by atoms with Gasteiger partial charge in [-0.25, -0.2) is 4.79 Å². The molecule has 0 radical (unpaired) electrons. The number of carbonyl (C=O) groups excluding carboxylic acids is 1. The zero-order valence-electron chi connectivity index (χ0n) is 17.4. The molecule has 1 aromatic carbocycles. The third-order valence-electron chi connectivity index (χ3n) is 5.32. The first-order chi connectivity index (χ1) is 15.1. The molecule has 1 saturated heterocycles. The van der Waals surface area contributed by atoms with Crippen LogP contribution in [0.4, 0.5) is 24.7 Å². The van der Waals surface area contributed by atoms with Crippen molar-refractivity contribution in [1.29, 1.82) is 0 Å². The number of aromatic amines is 1. The van der Waals surface area contributed by atoms with E-state index >= 15 is 0 Å². The molecule has 0 bridgehead atoms. The molecule has 3 rings (SSSR count). The number of hydrogen-bond donors (Lipinski definition) is 2. The van der Waals surface area contributed by atoms with Crippen molar-refractivity contribution in [2.75, 3.05) is 57.1 Å². The Morgan fingerprint density at radius 3 is 2.50 bits per heavy atom. The molecule has 1 aromatic heterocycles. The Hall–Kier alpha value is -3.12. The van der Waals surface area contributed by atoms with Gasteiger partial charge in [0.15, 0.2) is 5.78 Å². The highest BCUT2D eigenvalue weighted by molar-refractivity contribution is 6.01. The number of aromatic nitrogens is 2. The number of rotatable bonds is 7. The molecule has 2 aromatic rings. The van der Waals surface area contributed by atoms with E-state index in [-0.39, 0.29) is 31.1 Å². The lowest BCUT2D eigenvalue weighted by Crippen LogP contribution is -2.48. The molecule has 1 aliphatic heterocycles. The number of nitrogen functional groups attached to an aromatic ring is 1. The van der Waals surface area contributed by atoms with Gasteiger partial charge in [0.2, 0.25) is 0 Å². The fourth-order valence-electron chi connectivity index (χ4n) is 3.59. The SMILES string of the molecule is COCCn1c(N)c(C(=O)CN2CCN(c3cccc(C(F)(F)F)c3)CC2)c(=O)[nH]c1=O. The fraction of sp³-hybridized carbons (Fsp3) is 0.450. The van der Waals surface area contributed by atoms with Crippen LogP contribution in [0.3, 0.4) is 0 Å². The van der Waals surface area contributed by atoms with Gasteiger partial charge in [0.05, 0.1) is 25.3 Å². The minimum Gasteiger partial charge on any atom is -0.384 e. The summed E-state index contributed by atoms with van der Waals surface area (Å²) >= 11 is 0. The van der Waals surface area contributed by atoms with Crippen LogP contribution in [0.25, 0.3) is 0 Å². The molecule has 0 atom stereocenters. The van der Waals surface area contributed by atoms with Crippen LogP contribution < -0.4 is 21.9 Å². The topological polar surface area (TPSA) is 114 Å². The Bertz CT molecular complexity index is 1090. The summed E-state index contributed by atoms with van der Waals surface area (Å²) in [6, 6.07) is 5.10. The molecule has 3 N–H and O–H groups in total. The van der Waals surface area contributed by atoms with E-state index in [1.54, 1.807) is 11.0 Å². The van der Waals surface area contributed by atoms with Crippen molar-refractivity contribution in [3.8, 4) is 0 Å². The predicted molar refractivity (Wildman–Crippen MR) is 112 cm³/mol. The zero-order valence-corrected chi connectivity index (χ0v) is 17.4. The van der Waals surface area contributed by atoms with Crippen LogP contribution in [0.5, 0.6) is 0 Å². The van der Waals surface area contributed by atoms with Crippen LogP contribution in [-0.4, -0.2) is 66.7 Å². The van der Waals surface area contributed by atoms with Crippen molar-refractivity contribution in [1.82, 2.24) is 14.5 Å². The number of ether oxygens (including phenoxy) is 1. The van der Waals surface area contributed by atoms with Gasteiger partial charge in [-0.3, -0.25) is 24.0 Å². The number of carbonyl (C=O) groups is 1. The third-order valence-corrected chi connectivity index (χ3v) is 5.32. The van der Waals surface area contributed by atoms with E-state index < -0.39 is 28.8 Å². The smallest absolute Gasteiger partial charge is 0.384 e. The van der Waals surface area contributed by atoms with Gasteiger partial charge >= 0.3 is 11.9 Å². The van der Waals surface area contributed by atoms with Crippen LogP contribution >= 0.6 is 0 Å². The highest BCUT2D eigenvalue weighted by atomic mass is 19.4. The van der Waals surface area contributed by atoms with Crippen LogP contribution in [0.1, 0.15) is 15.9 Å². The molecule has 0 amide bonds. The van der Waals surface area contributed by atoms with Crippen LogP contribution in [-0.2, 0) is 17.5 Å². The van der Waals surface area contributed by atoms with E-state index in [0.717, 1.165) is 16.7 Å². The number of nitrogens with two attached hydrogens (primary N) is 1. The summed E-state index contributed by atoms with van der Waals surface area (Å²) in [6.07, 6.45) is -4.42. The van der Waals surface area contributed by atoms with E-state index in [2.05, 4.69) is 4.98 Å². The molecular weight excluding hydrogens is 431 g/mol. The van der Waals surface area contributed by atoms with Crippen LogP contribution in [0.15, 0.2) is 33.9 Å². The molecule has 0 spiro atoms. The summed E-state index contributed by atoms with van der Waals surface area (Å²) < 4.78 is 44.9. The Labute approximate surface area is 181 Å². The number of ketones is 1. The van der Waals surface area contributed by atoms with Gasteiger partial charge in [-0.15, -0.1) is 0 Å². The normalized spacial score (nSPS) is 15.2. The Morgan fingerprint density at radius 2 is 1.88 bits per heavy atom. The van der Waals surface area contributed by atoms with Crippen molar-refractivity contribution in [3.05, 3.63) is 56.2 Å². The molecular formula is C20H24F3N5O4. The molecule has 9 nitrogen and oxygen atoms in total.